The van der Waals surface area contributed by atoms with Crippen LogP contribution in [0.3, 0.4) is 0 Å². The molecule has 4 nitrogen and oxygen atoms in total. The van der Waals surface area contributed by atoms with Gasteiger partial charge >= 0.3 is 0 Å². The van der Waals surface area contributed by atoms with E-state index in [2.05, 4.69) is 28.8 Å². The first-order valence-corrected chi connectivity index (χ1v) is 7.05. The van der Waals surface area contributed by atoms with Crippen molar-refractivity contribution in [2.24, 2.45) is 5.92 Å². The van der Waals surface area contributed by atoms with Gasteiger partial charge in [0, 0.05) is 38.1 Å². The molecule has 1 aromatic rings. The lowest BCUT2D eigenvalue weighted by Crippen LogP contribution is -2.52. The average Bonchev–Trinajstić information content (AvgIpc) is 2.42. The van der Waals surface area contributed by atoms with Gasteiger partial charge in [0.05, 0.1) is 6.20 Å². The minimum atomic E-state index is -0.415. The monoisotopic (exact) mass is 279 g/mol. The zero-order valence-corrected chi connectivity index (χ0v) is 12.3. The van der Waals surface area contributed by atoms with Gasteiger partial charge < -0.3 is 4.90 Å². The SMILES string of the molecule is CC(CN1CCN(C)CC1C)C(=O)c1ccc(F)cn1. The molecule has 0 saturated carbocycles. The maximum Gasteiger partial charge on any atom is 0.185 e. The van der Waals surface area contributed by atoms with Crippen molar-refractivity contribution in [3.8, 4) is 0 Å². The van der Waals surface area contributed by atoms with Gasteiger partial charge in [-0.1, -0.05) is 6.92 Å². The third-order valence-electron chi connectivity index (χ3n) is 3.90. The van der Waals surface area contributed by atoms with Gasteiger partial charge in [-0.15, -0.1) is 0 Å². The molecule has 2 atom stereocenters. The van der Waals surface area contributed by atoms with E-state index in [1.165, 1.54) is 12.1 Å². The number of aromatic nitrogens is 1. The Hall–Kier alpha value is -1.33. The summed E-state index contributed by atoms with van der Waals surface area (Å²) in [7, 11) is 2.12. The molecule has 0 amide bonds. The second-order valence-electron chi connectivity index (χ2n) is 5.73. The summed E-state index contributed by atoms with van der Waals surface area (Å²) < 4.78 is 12.8. The van der Waals surface area contributed by atoms with E-state index in [4.69, 9.17) is 0 Å². The summed E-state index contributed by atoms with van der Waals surface area (Å²) in [5.41, 5.74) is 0.348. The standard InChI is InChI=1S/C15H22FN3O/c1-11(9-19-7-6-18(3)10-12(19)2)15(20)14-5-4-13(16)8-17-14/h4-5,8,11-12H,6-7,9-10H2,1-3H3. The van der Waals surface area contributed by atoms with Gasteiger partial charge in [-0.3, -0.25) is 14.7 Å². The zero-order valence-electron chi connectivity index (χ0n) is 12.3. The van der Waals surface area contributed by atoms with Crippen LogP contribution in [0.5, 0.6) is 0 Å². The first-order chi connectivity index (χ1) is 9.47. The third-order valence-corrected chi connectivity index (χ3v) is 3.90. The smallest absolute Gasteiger partial charge is 0.185 e. The molecule has 1 aliphatic heterocycles. The molecule has 0 aliphatic carbocycles. The highest BCUT2D eigenvalue weighted by Crippen LogP contribution is 2.14. The van der Waals surface area contributed by atoms with Crippen LogP contribution in [0, 0.1) is 11.7 Å². The highest BCUT2D eigenvalue weighted by molar-refractivity contribution is 5.95. The van der Waals surface area contributed by atoms with E-state index >= 15 is 0 Å². The molecular weight excluding hydrogens is 257 g/mol. The van der Waals surface area contributed by atoms with Crippen molar-refractivity contribution in [3.05, 3.63) is 29.8 Å². The van der Waals surface area contributed by atoms with Gasteiger partial charge in [-0.05, 0) is 26.1 Å². The largest absolute Gasteiger partial charge is 0.304 e. The molecule has 0 spiro atoms. The number of ketones is 1. The number of Topliss-reactive ketones (excluding diaryl/α,β-unsaturated/α-hetero) is 1. The predicted molar refractivity (Wildman–Crippen MR) is 76.2 cm³/mol. The number of hydrogen-bond donors (Lipinski definition) is 0. The fraction of sp³-hybridized carbons (Fsp3) is 0.600. The second-order valence-corrected chi connectivity index (χ2v) is 5.73. The van der Waals surface area contributed by atoms with E-state index in [1.54, 1.807) is 0 Å². The minimum Gasteiger partial charge on any atom is -0.304 e. The average molecular weight is 279 g/mol. The summed E-state index contributed by atoms with van der Waals surface area (Å²) >= 11 is 0. The molecule has 0 aromatic carbocycles. The Labute approximate surface area is 119 Å². The first-order valence-electron chi connectivity index (χ1n) is 7.05. The van der Waals surface area contributed by atoms with Crippen LogP contribution in [-0.4, -0.2) is 59.8 Å². The quantitative estimate of drug-likeness (QED) is 0.786. The van der Waals surface area contributed by atoms with Gasteiger partial charge in [0.1, 0.15) is 11.5 Å². The molecule has 2 unspecified atom stereocenters. The van der Waals surface area contributed by atoms with Crippen LogP contribution < -0.4 is 0 Å². The van der Waals surface area contributed by atoms with Crippen molar-refractivity contribution in [2.75, 3.05) is 33.2 Å². The third kappa shape index (κ3) is 3.61. The molecular formula is C15H22FN3O. The van der Waals surface area contributed by atoms with Crippen LogP contribution in [-0.2, 0) is 0 Å². The Morgan fingerprint density at radius 1 is 1.50 bits per heavy atom. The van der Waals surface area contributed by atoms with E-state index in [1.807, 2.05) is 6.92 Å². The summed E-state index contributed by atoms with van der Waals surface area (Å²) in [5, 5.41) is 0. The van der Waals surface area contributed by atoms with E-state index in [0.717, 1.165) is 32.4 Å². The molecule has 1 aromatic heterocycles. The summed E-state index contributed by atoms with van der Waals surface area (Å²) in [6, 6.07) is 3.19. The second kappa shape index (κ2) is 6.41. The van der Waals surface area contributed by atoms with Gasteiger partial charge in [-0.2, -0.15) is 0 Å². The number of piperazine rings is 1. The Morgan fingerprint density at radius 2 is 2.25 bits per heavy atom. The Morgan fingerprint density at radius 3 is 2.85 bits per heavy atom. The van der Waals surface area contributed by atoms with Crippen LogP contribution in [0.1, 0.15) is 24.3 Å². The maximum atomic E-state index is 12.8. The van der Waals surface area contributed by atoms with Crippen LogP contribution in [0.4, 0.5) is 4.39 Å². The lowest BCUT2D eigenvalue weighted by Gasteiger charge is -2.39. The van der Waals surface area contributed by atoms with Gasteiger partial charge in [0.2, 0.25) is 0 Å². The number of rotatable bonds is 4. The van der Waals surface area contributed by atoms with Gasteiger partial charge in [0.25, 0.3) is 0 Å². The molecule has 20 heavy (non-hydrogen) atoms. The topological polar surface area (TPSA) is 36.4 Å². The van der Waals surface area contributed by atoms with Crippen molar-refractivity contribution >= 4 is 5.78 Å². The van der Waals surface area contributed by atoms with Crippen molar-refractivity contribution in [3.63, 3.8) is 0 Å². The molecule has 1 saturated heterocycles. The summed E-state index contributed by atoms with van der Waals surface area (Å²) in [6.45, 7) is 7.86. The van der Waals surface area contributed by atoms with Gasteiger partial charge in [0.15, 0.2) is 5.78 Å². The van der Waals surface area contributed by atoms with Crippen molar-refractivity contribution in [2.45, 2.75) is 19.9 Å². The molecule has 2 heterocycles. The number of nitrogens with zero attached hydrogens (tertiary/aromatic N) is 3. The predicted octanol–water partition coefficient (Wildman–Crippen LogP) is 1.68. The molecule has 5 heteroatoms. The highest BCUT2D eigenvalue weighted by atomic mass is 19.1. The summed E-state index contributed by atoms with van der Waals surface area (Å²) in [4.78, 5) is 20.8. The number of hydrogen-bond acceptors (Lipinski definition) is 4. The maximum absolute atomic E-state index is 12.8. The van der Waals surface area contributed by atoms with E-state index in [-0.39, 0.29) is 11.7 Å². The molecule has 110 valence electrons. The van der Waals surface area contributed by atoms with E-state index in [0.29, 0.717) is 11.7 Å². The van der Waals surface area contributed by atoms with E-state index < -0.39 is 5.82 Å². The lowest BCUT2D eigenvalue weighted by atomic mass is 10.0. The van der Waals surface area contributed by atoms with Crippen LogP contribution >= 0.6 is 0 Å². The summed E-state index contributed by atoms with van der Waals surface area (Å²) in [5.74, 6) is -0.558. The number of likely N-dealkylation sites (N-methyl/N-ethyl adjacent to an activating group) is 1. The number of carbonyl (C=O) groups excluding carboxylic acids is 1. The molecule has 1 aliphatic rings. The normalized spacial score (nSPS) is 22.7. The highest BCUT2D eigenvalue weighted by Gasteiger charge is 2.26. The Bertz CT molecular complexity index is 463. The van der Waals surface area contributed by atoms with Crippen molar-refractivity contribution in [1.29, 1.82) is 0 Å². The minimum absolute atomic E-state index is 0.0175. The Balaban J connectivity index is 1.95. The van der Waals surface area contributed by atoms with Crippen molar-refractivity contribution < 1.29 is 9.18 Å². The fourth-order valence-corrected chi connectivity index (χ4v) is 2.66. The molecule has 1 fully saturated rings. The van der Waals surface area contributed by atoms with Crippen LogP contribution in [0.2, 0.25) is 0 Å². The van der Waals surface area contributed by atoms with Crippen LogP contribution in [0.25, 0.3) is 0 Å². The molecule has 0 radical (unpaired) electrons. The van der Waals surface area contributed by atoms with Crippen molar-refractivity contribution in [1.82, 2.24) is 14.8 Å². The number of carbonyl (C=O) groups is 1. The molecule has 0 N–H and O–H groups in total. The molecule has 0 bridgehead atoms. The fourth-order valence-electron chi connectivity index (χ4n) is 2.66. The zero-order chi connectivity index (χ0) is 14.7. The lowest BCUT2D eigenvalue weighted by molar-refractivity contribution is 0.0719. The number of halogens is 1. The molecule has 2 rings (SSSR count). The van der Waals surface area contributed by atoms with Crippen LogP contribution in [0.15, 0.2) is 18.3 Å². The van der Waals surface area contributed by atoms with E-state index in [9.17, 15) is 9.18 Å². The van der Waals surface area contributed by atoms with Gasteiger partial charge in [-0.25, -0.2) is 4.39 Å². The Kier molecular flexibility index (Phi) is 4.83. The first kappa shape index (κ1) is 15.1. The summed E-state index contributed by atoms with van der Waals surface area (Å²) in [6.07, 6.45) is 1.10. The number of pyridine rings is 1.